The second-order valence-corrected chi connectivity index (χ2v) is 7.38. The molecule has 0 radical (unpaired) electrons. The first kappa shape index (κ1) is 21.9. The highest BCUT2D eigenvalue weighted by Gasteiger charge is 2.31. The average Bonchev–Trinajstić information content (AvgIpc) is 3.44. The quantitative estimate of drug-likeness (QED) is 0.623. The van der Waals surface area contributed by atoms with Crippen LogP contribution >= 0.6 is 11.3 Å². The lowest BCUT2D eigenvalue weighted by molar-refractivity contribution is -0.137. The number of pyridine rings is 1. The molecule has 1 fully saturated rings. The van der Waals surface area contributed by atoms with Gasteiger partial charge in [0.15, 0.2) is 5.69 Å². The standard InChI is InChI=1S/C18H16F3N5OS.C2H6/c19-18(20,21)12-7-11(8-22-10-12)9-23-17-24-13-3-6-28-15(13)14(25-17)16(27)26-4-1-2-5-26;1-2/h3,6-8,10H,1-2,4-5,9H2,(H,23,24,25);1-2H3. The number of aromatic nitrogens is 3. The van der Waals surface area contributed by atoms with Gasteiger partial charge in [-0.3, -0.25) is 9.78 Å². The number of likely N-dealkylation sites (tertiary alicyclic amines) is 1. The lowest BCUT2D eigenvalue weighted by Gasteiger charge is -2.15. The fourth-order valence-corrected chi connectivity index (χ4v) is 3.89. The molecular formula is C20H22F3N5OS. The van der Waals surface area contributed by atoms with Crippen LogP contribution in [0.3, 0.4) is 0 Å². The summed E-state index contributed by atoms with van der Waals surface area (Å²) in [7, 11) is 0. The van der Waals surface area contributed by atoms with E-state index in [2.05, 4.69) is 20.3 Å². The Morgan fingerprint density at radius 3 is 2.63 bits per heavy atom. The van der Waals surface area contributed by atoms with E-state index in [1.807, 2.05) is 19.2 Å². The summed E-state index contributed by atoms with van der Waals surface area (Å²) in [6, 6.07) is 2.82. The second kappa shape index (κ2) is 9.38. The number of hydrogen-bond donors (Lipinski definition) is 1. The summed E-state index contributed by atoms with van der Waals surface area (Å²) in [4.78, 5) is 27.0. The molecule has 0 atom stereocenters. The normalized spacial score (nSPS) is 13.8. The molecule has 0 unspecified atom stereocenters. The van der Waals surface area contributed by atoms with Crippen molar-refractivity contribution >= 4 is 33.4 Å². The van der Waals surface area contributed by atoms with Crippen LogP contribution in [0.25, 0.3) is 10.2 Å². The monoisotopic (exact) mass is 437 g/mol. The predicted molar refractivity (Wildman–Crippen MR) is 110 cm³/mol. The Kier molecular flexibility index (Phi) is 6.86. The zero-order valence-corrected chi connectivity index (χ0v) is 17.5. The Morgan fingerprint density at radius 1 is 1.20 bits per heavy atom. The first-order chi connectivity index (χ1) is 14.4. The van der Waals surface area contributed by atoms with E-state index in [-0.39, 0.29) is 18.4 Å². The third-order valence-corrected chi connectivity index (χ3v) is 5.38. The molecule has 0 aromatic carbocycles. The van der Waals surface area contributed by atoms with E-state index < -0.39 is 11.7 Å². The average molecular weight is 437 g/mol. The van der Waals surface area contributed by atoms with Crippen molar-refractivity contribution in [1.29, 1.82) is 0 Å². The predicted octanol–water partition coefficient (Wildman–Crippen LogP) is 4.98. The number of alkyl halides is 3. The van der Waals surface area contributed by atoms with Gasteiger partial charge in [-0.1, -0.05) is 13.8 Å². The first-order valence-corrected chi connectivity index (χ1v) is 10.6. The molecule has 0 bridgehead atoms. The third kappa shape index (κ3) is 4.86. The van der Waals surface area contributed by atoms with Crippen LogP contribution in [0.4, 0.5) is 19.1 Å². The van der Waals surface area contributed by atoms with E-state index in [0.29, 0.717) is 34.6 Å². The molecule has 4 heterocycles. The Balaban J connectivity index is 0.00000124. The van der Waals surface area contributed by atoms with Gasteiger partial charge in [0.25, 0.3) is 5.91 Å². The van der Waals surface area contributed by atoms with E-state index in [0.717, 1.165) is 25.1 Å². The van der Waals surface area contributed by atoms with Gasteiger partial charge in [-0.05, 0) is 35.9 Å². The fourth-order valence-electron chi connectivity index (χ4n) is 3.08. The number of rotatable bonds is 4. The minimum absolute atomic E-state index is 0.0594. The lowest BCUT2D eigenvalue weighted by Crippen LogP contribution is -2.28. The van der Waals surface area contributed by atoms with Gasteiger partial charge in [-0.2, -0.15) is 13.2 Å². The number of carbonyl (C=O) groups is 1. The maximum absolute atomic E-state index is 12.8. The smallest absolute Gasteiger partial charge is 0.350 e. The topological polar surface area (TPSA) is 71.0 Å². The summed E-state index contributed by atoms with van der Waals surface area (Å²) < 4.78 is 39.2. The number of anilines is 1. The fraction of sp³-hybridized carbons (Fsp3) is 0.400. The van der Waals surface area contributed by atoms with Gasteiger partial charge >= 0.3 is 6.18 Å². The molecule has 10 heteroatoms. The number of nitrogens with one attached hydrogen (secondary N) is 1. The zero-order chi connectivity index (χ0) is 21.7. The Labute approximate surface area is 176 Å². The maximum Gasteiger partial charge on any atom is 0.417 e. The van der Waals surface area contributed by atoms with E-state index in [1.54, 1.807) is 11.0 Å². The van der Waals surface area contributed by atoms with Crippen molar-refractivity contribution in [3.05, 3.63) is 46.7 Å². The van der Waals surface area contributed by atoms with Crippen molar-refractivity contribution in [2.45, 2.75) is 39.4 Å². The van der Waals surface area contributed by atoms with E-state index in [1.165, 1.54) is 17.5 Å². The van der Waals surface area contributed by atoms with Crippen LogP contribution in [0.2, 0.25) is 0 Å². The molecule has 6 nitrogen and oxygen atoms in total. The Morgan fingerprint density at radius 2 is 1.93 bits per heavy atom. The number of nitrogens with zero attached hydrogens (tertiary/aromatic N) is 4. The van der Waals surface area contributed by atoms with E-state index in [4.69, 9.17) is 0 Å². The van der Waals surface area contributed by atoms with Gasteiger partial charge in [0, 0.05) is 32.0 Å². The molecule has 1 aliphatic heterocycles. The summed E-state index contributed by atoms with van der Waals surface area (Å²) in [5.74, 6) is 0.0574. The van der Waals surface area contributed by atoms with Crippen LogP contribution in [0.1, 0.15) is 48.3 Å². The summed E-state index contributed by atoms with van der Waals surface area (Å²) in [5.41, 5.74) is 0.487. The van der Waals surface area contributed by atoms with Crippen LogP contribution < -0.4 is 5.32 Å². The minimum Gasteiger partial charge on any atom is -0.350 e. The number of fused-ring (bicyclic) bond motifs is 1. The van der Waals surface area contributed by atoms with Gasteiger partial charge in [-0.25, -0.2) is 9.97 Å². The Bertz CT molecular complexity index is 1020. The van der Waals surface area contributed by atoms with E-state index >= 15 is 0 Å². The van der Waals surface area contributed by atoms with Crippen molar-refractivity contribution in [1.82, 2.24) is 19.9 Å². The molecule has 3 aromatic rings. The van der Waals surface area contributed by atoms with E-state index in [9.17, 15) is 18.0 Å². The van der Waals surface area contributed by atoms with Crippen LogP contribution in [0.15, 0.2) is 29.9 Å². The number of halogens is 3. The Hall–Kier alpha value is -2.75. The molecule has 3 aromatic heterocycles. The molecule has 1 amide bonds. The highest BCUT2D eigenvalue weighted by Crippen LogP contribution is 2.29. The van der Waals surface area contributed by atoms with Gasteiger partial charge in [0.1, 0.15) is 0 Å². The summed E-state index contributed by atoms with van der Waals surface area (Å²) in [5, 5.41) is 4.75. The maximum atomic E-state index is 12.8. The molecule has 1 aliphatic rings. The summed E-state index contributed by atoms with van der Waals surface area (Å²) in [6.45, 7) is 5.46. The van der Waals surface area contributed by atoms with Gasteiger partial charge in [-0.15, -0.1) is 11.3 Å². The number of thiophene rings is 1. The summed E-state index contributed by atoms with van der Waals surface area (Å²) >= 11 is 1.39. The number of carbonyl (C=O) groups excluding carboxylic acids is 1. The summed E-state index contributed by atoms with van der Waals surface area (Å²) in [6.07, 6.45) is -0.383. The van der Waals surface area contributed by atoms with Crippen LogP contribution in [0.5, 0.6) is 0 Å². The van der Waals surface area contributed by atoms with Gasteiger partial charge in [0.05, 0.1) is 15.8 Å². The molecule has 0 aliphatic carbocycles. The molecule has 4 rings (SSSR count). The van der Waals surface area contributed by atoms with Crippen molar-refractivity contribution in [3.63, 3.8) is 0 Å². The van der Waals surface area contributed by atoms with Gasteiger partial charge in [0.2, 0.25) is 5.95 Å². The highest BCUT2D eigenvalue weighted by atomic mass is 32.1. The second-order valence-electron chi connectivity index (χ2n) is 6.46. The molecule has 1 N–H and O–H groups in total. The minimum atomic E-state index is -4.45. The van der Waals surface area contributed by atoms with Crippen molar-refractivity contribution in [2.24, 2.45) is 0 Å². The number of hydrogen-bond acceptors (Lipinski definition) is 6. The third-order valence-electron chi connectivity index (χ3n) is 4.47. The van der Waals surface area contributed by atoms with Crippen LogP contribution in [-0.2, 0) is 12.7 Å². The van der Waals surface area contributed by atoms with Crippen molar-refractivity contribution in [3.8, 4) is 0 Å². The molecule has 160 valence electrons. The highest BCUT2D eigenvalue weighted by molar-refractivity contribution is 7.17. The van der Waals surface area contributed by atoms with Crippen LogP contribution in [0, 0.1) is 0 Å². The molecular weight excluding hydrogens is 415 g/mol. The zero-order valence-electron chi connectivity index (χ0n) is 16.7. The van der Waals surface area contributed by atoms with Gasteiger partial charge < -0.3 is 10.2 Å². The van der Waals surface area contributed by atoms with Crippen molar-refractivity contribution in [2.75, 3.05) is 18.4 Å². The molecule has 0 spiro atoms. The van der Waals surface area contributed by atoms with Crippen molar-refractivity contribution < 1.29 is 18.0 Å². The number of amides is 1. The van der Waals surface area contributed by atoms with Crippen LogP contribution in [-0.4, -0.2) is 38.8 Å². The molecule has 1 saturated heterocycles. The molecule has 30 heavy (non-hydrogen) atoms. The first-order valence-electron chi connectivity index (χ1n) is 9.71. The largest absolute Gasteiger partial charge is 0.417 e. The SMILES string of the molecule is CC.O=C(c1nc(NCc2cncc(C(F)(F)F)c2)nc2ccsc12)N1CCCC1. The molecule has 0 saturated carbocycles. The lowest BCUT2D eigenvalue weighted by atomic mass is 10.2.